The summed E-state index contributed by atoms with van der Waals surface area (Å²) in [6, 6.07) is 23.6. The normalized spacial score (nSPS) is 10.5. The zero-order valence-electron chi connectivity index (χ0n) is 18.1. The molecule has 0 radical (unpaired) electrons. The van der Waals surface area contributed by atoms with Gasteiger partial charge in [0.2, 0.25) is 0 Å². The summed E-state index contributed by atoms with van der Waals surface area (Å²) in [5, 5.41) is 9.14. The first-order chi connectivity index (χ1) is 16.0. The highest BCUT2D eigenvalue weighted by molar-refractivity contribution is 6.35. The molecule has 0 saturated carbocycles. The molecular formula is C25H24N4O4. The first-order valence-corrected chi connectivity index (χ1v) is 10.3. The van der Waals surface area contributed by atoms with Gasteiger partial charge in [-0.3, -0.25) is 14.4 Å². The second kappa shape index (κ2) is 11.8. The maximum atomic E-state index is 12.2. The van der Waals surface area contributed by atoms with E-state index in [2.05, 4.69) is 21.2 Å². The van der Waals surface area contributed by atoms with Gasteiger partial charge in [0.15, 0.2) is 6.61 Å². The molecule has 0 aromatic heterocycles. The number of aryl methyl sites for hydroxylation is 1. The van der Waals surface area contributed by atoms with Crippen molar-refractivity contribution in [2.75, 3.05) is 11.9 Å². The molecule has 0 unspecified atom stereocenters. The van der Waals surface area contributed by atoms with Gasteiger partial charge in [-0.15, -0.1) is 0 Å². The van der Waals surface area contributed by atoms with Crippen molar-refractivity contribution in [3.05, 3.63) is 95.6 Å². The Morgan fingerprint density at radius 2 is 1.58 bits per heavy atom. The number of carbonyl (C=O) groups excluding carboxylic acids is 3. The SMILES string of the molecule is Cc1ccccc1NC(=O)COc1ccccc1/C=N\NC(=O)C(=O)NCc1ccccc1. The molecular weight excluding hydrogens is 420 g/mol. The molecule has 0 fully saturated rings. The van der Waals surface area contributed by atoms with Crippen molar-refractivity contribution in [1.29, 1.82) is 0 Å². The van der Waals surface area contributed by atoms with Gasteiger partial charge in [0.1, 0.15) is 5.75 Å². The summed E-state index contributed by atoms with van der Waals surface area (Å²) in [4.78, 5) is 36.1. The van der Waals surface area contributed by atoms with E-state index in [0.717, 1.165) is 11.1 Å². The molecule has 0 bridgehead atoms. The Bertz CT molecular complexity index is 1150. The van der Waals surface area contributed by atoms with Crippen LogP contribution in [-0.4, -0.2) is 30.5 Å². The Morgan fingerprint density at radius 1 is 0.879 bits per heavy atom. The van der Waals surface area contributed by atoms with E-state index in [0.29, 0.717) is 17.0 Å². The smallest absolute Gasteiger partial charge is 0.329 e. The largest absolute Gasteiger partial charge is 0.483 e. The predicted molar refractivity (Wildman–Crippen MR) is 126 cm³/mol. The number of nitrogens with one attached hydrogen (secondary N) is 3. The van der Waals surface area contributed by atoms with Gasteiger partial charge in [0, 0.05) is 17.8 Å². The predicted octanol–water partition coefficient (Wildman–Crippen LogP) is 2.78. The lowest BCUT2D eigenvalue weighted by Gasteiger charge is -2.11. The van der Waals surface area contributed by atoms with Gasteiger partial charge < -0.3 is 15.4 Å². The molecule has 0 aliphatic heterocycles. The summed E-state index contributed by atoms with van der Waals surface area (Å²) >= 11 is 0. The number of benzene rings is 3. The van der Waals surface area contributed by atoms with Crippen molar-refractivity contribution in [3.8, 4) is 5.75 Å². The van der Waals surface area contributed by atoms with Crippen LogP contribution in [0.2, 0.25) is 0 Å². The molecule has 3 N–H and O–H groups in total. The third kappa shape index (κ3) is 7.32. The first-order valence-electron chi connectivity index (χ1n) is 10.3. The highest BCUT2D eigenvalue weighted by atomic mass is 16.5. The molecule has 0 aliphatic carbocycles. The fraction of sp³-hybridized carbons (Fsp3) is 0.120. The molecule has 3 amide bonds. The summed E-state index contributed by atoms with van der Waals surface area (Å²) in [7, 11) is 0. The van der Waals surface area contributed by atoms with E-state index < -0.39 is 11.8 Å². The summed E-state index contributed by atoms with van der Waals surface area (Å²) in [5.41, 5.74) is 5.25. The van der Waals surface area contributed by atoms with E-state index in [1.165, 1.54) is 6.21 Å². The number of ether oxygens (including phenoxy) is 1. The highest BCUT2D eigenvalue weighted by Crippen LogP contribution is 2.17. The van der Waals surface area contributed by atoms with Gasteiger partial charge in [-0.1, -0.05) is 60.7 Å². The summed E-state index contributed by atoms with van der Waals surface area (Å²) < 4.78 is 5.61. The number of nitrogens with zero attached hydrogens (tertiary/aromatic N) is 1. The van der Waals surface area contributed by atoms with Crippen molar-refractivity contribution in [2.45, 2.75) is 13.5 Å². The quantitative estimate of drug-likeness (QED) is 0.282. The number of rotatable bonds is 8. The van der Waals surface area contributed by atoms with Gasteiger partial charge >= 0.3 is 11.8 Å². The van der Waals surface area contributed by atoms with Crippen LogP contribution in [0.5, 0.6) is 5.75 Å². The van der Waals surface area contributed by atoms with Crippen LogP contribution in [0.4, 0.5) is 5.69 Å². The van der Waals surface area contributed by atoms with Gasteiger partial charge in [0.25, 0.3) is 5.91 Å². The molecule has 0 saturated heterocycles. The highest BCUT2D eigenvalue weighted by Gasteiger charge is 2.12. The van der Waals surface area contributed by atoms with E-state index in [4.69, 9.17) is 4.74 Å². The summed E-state index contributed by atoms with van der Waals surface area (Å²) in [6.07, 6.45) is 1.34. The Labute approximate surface area is 191 Å². The third-order valence-corrected chi connectivity index (χ3v) is 4.57. The van der Waals surface area contributed by atoms with Crippen LogP contribution < -0.4 is 20.8 Å². The Hall–Kier alpha value is -4.46. The zero-order chi connectivity index (χ0) is 23.5. The fourth-order valence-corrected chi connectivity index (χ4v) is 2.83. The number of hydrogen-bond acceptors (Lipinski definition) is 5. The molecule has 33 heavy (non-hydrogen) atoms. The van der Waals surface area contributed by atoms with Crippen LogP contribution >= 0.6 is 0 Å². The lowest BCUT2D eigenvalue weighted by atomic mass is 10.2. The maximum Gasteiger partial charge on any atom is 0.329 e. The molecule has 3 aromatic carbocycles. The van der Waals surface area contributed by atoms with Crippen LogP contribution in [-0.2, 0) is 20.9 Å². The van der Waals surface area contributed by atoms with Crippen LogP contribution in [0.3, 0.4) is 0 Å². The van der Waals surface area contributed by atoms with Gasteiger partial charge in [0.05, 0.1) is 6.21 Å². The van der Waals surface area contributed by atoms with E-state index in [1.54, 1.807) is 24.3 Å². The molecule has 0 aliphatic rings. The molecule has 3 aromatic rings. The van der Waals surface area contributed by atoms with Crippen molar-refractivity contribution < 1.29 is 19.1 Å². The van der Waals surface area contributed by atoms with E-state index in [-0.39, 0.29) is 19.1 Å². The van der Waals surface area contributed by atoms with Crippen LogP contribution in [0.1, 0.15) is 16.7 Å². The number of hydrogen-bond donors (Lipinski definition) is 3. The Kier molecular flexibility index (Phi) is 8.30. The fourth-order valence-electron chi connectivity index (χ4n) is 2.83. The molecule has 0 heterocycles. The van der Waals surface area contributed by atoms with Crippen molar-refractivity contribution in [3.63, 3.8) is 0 Å². The lowest BCUT2D eigenvalue weighted by Crippen LogP contribution is -2.37. The van der Waals surface area contributed by atoms with Crippen molar-refractivity contribution in [1.82, 2.24) is 10.7 Å². The van der Waals surface area contributed by atoms with E-state index >= 15 is 0 Å². The second-order valence-corrected chi connectivity index (χ2v) is 7.06. The average Bonchev–Trinajstić information content (AvgIpc) is 2.84. The van der Waals surface area contributed by atoms with Crippen LogP contribution in [0.15, 0.2) is 84.0 Å². The number of hydrazone groups is 1. The Balaban J connectivity index is 1.50. The van der Waals surface area contributed by atoms with E-state index in [1.807, 2.05) is 61.5 Å². The lowest BCUT2D eigenvalue weighted by molar-refractivity contribution is -0.139. The minimum Gasteiger partial charge on any atom is -0.483 e. The molecule has 168 valence electrons. The molecule has 3 rings (SSSR count). The number of carbonyl (C=O) groups is 3. The van der Waals surface area contributed by atoms with Gasteiger partial charge in [-0.2, -0.15) is 5.10 Å². The van der Waals surface area contributed by atoms with Gasteiger partial charge in [-0.25, -0.2) is 5.43 Å². The van der Waals surface area contributed by atoms with Crippen LogP contribution in [0.25, 0.3) is 0 Å². The molecule has 8 heteroatoms. The molecule has 0 spiro atoms. The number of amides is 3. The minimum absolute atomic E-state index is 0.201. The average molecular weight is 444 g/mol. The zero-order valence-corrected chi connectivity index (χ0v) is 18.1. The molecule has 0 atom stereocenters. The summed E-state index contributed by atoms with van der Waals surface area (Å²) in [6.45, 7) is 1.93. The standard InChI is InChI=1S/C25H24N4O4/c1-18-9-5-7-13-21(18)28-23(30)17-33-22-14-8-6-12-20(22)16-27-29-25(32)24(31)26-15-19-10-3-2-4-11-19/h2-14,16H,15,17H2,1H3,(H,26,31)(H,28,30)(H,29,32)/b27-16-. The van der Waals surface area contributed by atoms with E-state index in [9.17, 15) is 14.4 Å². The second-order valence-electron chi connectivity index (χ2n) is 7.06. The van der Waals surface area contributed by atoms with Crippen LogP contribution in [0, 0.1) is 6.92 Å². The topological polar surface area (TPSA) is 109 Å². The first kappa shape index (κ1) is 23.2. The Morgan fingerprint density at radius 3 is 2.36 bits per heavy atom. The third-order valence-electron chi connectivity index (χ3n) is 4.57. The summed E-state index contributed by atoms with van der Waals surface area (Å²) in [5.74, 6) is -1.59. The van der Waals surface area contributed by atoms with Gasteiger partial charge in [-0.05, 0) is 36.2 Å². The van der Waals surface area contributed by atoms with Crippen molar-refractivity contribution >= 4 is 29.6 Å². The number of anilines is 1. The molecule has 8 nitrogen and oxygen atoms in total. The minimum atomic E-state index is -0.891. The maximum absolute atomic E-state index is 12.2. The monoisotopic (exact) mass is 444 g/mol. The van der Waals surface area contributed by atoms with Crippen molar-refractivity contribution in [2.24, 2.45) is 5.10 Å². The number of para-hydroxylation sites is 2.